The van der Waals surface area contributed by atoms with Gasteiger partial charge >= 0.3 is 0 Å². The molecule has 0 aliphatic rings. The summed E-state index contributed by atoms with van der Waals surface area (Å²) in [5.41, 5.74) is 1.88. The number of hydrogen-bond donors (Lipinski definition) is 1. The van der Waals surface area contributed by atoms with E-state index in [-0.39, 0.29) is 11.9 Å². The van der Waals surface area contributed by atoms with Gasteiger partial charge in [0.25, 0.3) is 5.91 Å². The lowest BCUT2D eigenvalue weighted by Crippen LogP contribution is -2.33. The highest BCUT2D eigenvalue weighted by atomic mass is 16.1. The topological polar surface area (TPSA) is 29.1 Å². The highest BCUT2D eigenvalue weighted by Crippen LogP contribution is 2.05. The van der Waals surface area contributed by atoms with Gasteiger partial charge in [-0.2, -0.15) is 0 Å². The first-order valence-electron chi connectivity index (χ1n) is 5.57. The van der Waals surface area contributed by atoms with Crippen molar-refractivity contribution in [2.45, 2.75) is 32.7 Å². The van der Waals surface area contributed by atoms with E-state index >= 15 is 0 Å². The molecule has 16 heavy (non-hydrogen) atoms. The largest absolute Gasteiger partial charge is 0.338 e. The van der Waals surface area contributed by atoms with Gasteiger partial charge in [0.1, 0.15) is 0 Å². The maximum absolute atomic E-state index is 11.8. The second kappa shape index (κ2) is 5.97. The third kappa shape index (κ3) is 3.13. The maximum Gasteiger partial charge on any atom is 0.252 e. The molecule has 2 heteroatoms. The zero-order valence-electron chi connectivity index (χ0n) is 9.79. The third-order valence-corrected chi connectivity index (χ3v) is 2.54. The number of aryl methyl sites for hydroxylation is 1. The fourth-order valence-electron chi connectivity index (χ4n) is 1.39. The zero-order valence-corrected chi connectivity index (χ0v) is 9.79. The Morgan fingerprint density at radius 1 is 1.38 bits per heavy atom. The average Bonchev–Trinajstić information content (AvgIpc) is 2.35. The van der Waals surface area contributed by atoms with Crippen molar-refractivity contribution in [2.24, 2.45) is 0 Å². The molecule has 0 saturated heterocycles. The number of rotatable bonds is 4. The normalized spacial score (nSPS) is 11.6. The number of carbonyl (C=O) groups is 1. The van der Waals surface area contributed by atoms with E-state index in [2.05, 4.69) is 18.2 Å². The molecular weight excluding hydrogens is 198 g/mol. The van der Waals surface area contributed by atoms with E-state index < -0.39 is 0 Å². The van der Waals surface area contributed by atoms with Gasteiger partial charge in [0.05, 0.1) is 6.04 Å². The monoisotopic (exact) mass is 215 g/mol. The minimum Gasteiger partial charge on any atom is -0.338 e. The van der Waals surface area contributed by atoms with Gasteiger partial charge in [-0.3, -0.25) is 4.79 Å². The number of nitrogens with one attached hydrogen (secondary N) is 1. The average molecular weight is 215 g/mol. The molecule has 0 aromatic heterocycles. The molecule has 0 aliphatic heterocycles. The second-order valence-corrected chi connectivity index (χ2v) is 3.65. The predicted octanol–water partition coefficient (Wildman–Crippen LogP) is 2.39. The molecule has 1 aromatic rings. The second-order valence-electron chi connectivity index (χ2n) is 3.65. The molecule has 0 aliphatic carbocycles. The summed E-state index contributed by atoms with van der Waals surface area (Å²) in [6.07, 6.45) is 7.01. The maximum atomic E-state index is 11.8. The number of amides is 1. The van der Waals surface area contributed by atoms with Gasteiger partial charge < -0.3 is 5.32 Å². The Balaban J connectivity index is 2.70. The number of carbonyl (C=O) groups excluding carboxylic acids is 1. The van der Waals surface area contributed by atoms with Crippen molar-refractivity contribution in [1.82, 2.24) is 5.32 Å². The molecule has 1 unspecified atom stereocenters. The summed E-state index contributed by atoms with van der Waals surface area (Å²) in [6, 6.07) is 7.41. The van der Waals surface area contributed by atoms with Crippen LogP contribution in [0.2, 0.25) is 0 Å². The van der Waals surface area contributed by atoms with Crippen LogP contribution in [0, 0.1) is 12.3 Å². The van der Waals surface area contributed by atoms with Crippen molar-refractivity contribution in [1.29, 1.82) is 0 Å². The summed E-state index contributed by atoms with van der Waals surface area (Å²) in [7, 11) is 0. The summed E-state index contributed by atoms with van der Waals surface area (Å²) < 4.78 is 0. The van der Waals surface area contributed by atoms with Crippen molar-refractivity contribution in [3.63, 3.8) is 0 Å². The fraction of sp³-hybridized carbons (Fsp3) is 0.357. The van der Waals surface area contributed by atoms with Crippen LogP contribution in [0.25, 0.3) is 0 Å². The highest BCUT2D eigenvalue weighted by Gasteiger charge is 2.09. The van der Waals surface area contributed by atoms with Gasteiger partial charge in [-0.25, -0.2) is 0 Å². The lowest BCUT2D eigenvalue weighted by molar-refractivity contribution is 0.0945. The Hall–Kier alpha value is -1.75. The van der Waals surface area contributed by atoms with Crippen LogP contribution in [-0.2, 0) is 6.42 Å². The minimum atomic E-state index is -0.182. The molecule has 0 bridgehead atoms. The standard InChI is InChI=1S/C14H17NO/c1-4-11-7-9-12(10-8-11)14(16)15-13(5-2)6-3/h2,7-10,13H,4,6H2,1,3H3,(H,15,16). The fourth-order valence-corrected chi connectivity index (χ4v) is 1.39. The Bertz CT molecular complexity index is 386. The molecule has 0 saturated carbocycles. The van der Waals surface area contributed by atoms with Crippen LogP contribution in [0.15, 0.2) is 24.3 Å². The van der Waals surface area contributed by atoms with Gasteiger partial charge in [0.15, 0.2) is 0 Å². The van der Waals surface area contributed by atoms with Crippen molar-refractivity contribution >= 4 is 5.91 Å². The summed E-state index contributed by atoms with van der Waals surface area (Å²) in [4.78, 5) is 11.8. The Labute approximate surface area is 97.1 Å². The molecular formula is C14H17NO. The van der Waals surface area contributed by atoms with E-state index in [9.17, 15) is 4.79 Å². The molecule has 0 fully saturated rings. The molecule has 0 radical (unpaired) electrons. The lowest BCUT2D eigenvalue weighted by atomic mass is 10.1. The van der Waals surface area contributed by atoms with Crippen LogP contribution in [0.3, 0.4) is 0 Å². The van der Waals surface area contributed by atoms with E-state index in [1.54, 1.807) is 0 Å². The van der Waals surface area contributed by atoms with Gasteiger partial charge in [-0.1, -0.05) is 31.9 Å². The molecule has 84 valence electrons. The van der Waals surface area contributed by atoms with Crippen LogP contribution >= 0.6 is 0 Å². The smallest absolute Gasteiger partial charge is 0.252 e. The SMILES string of the molecule is C#CC(CC)NC(=O)c1ccc(CC)cc1. The number of terminal acetylenes is 1. The molecule has 1 atom stereocenters. The highest BCUT2D eigenvalue weighted by molar-refractivity contribution is 5.94. The molecule has 0 heterocycles. The third-order valence-electron chi connectivity index (χ3n) is 2.54. The zero-order chi connectivity index (χ0) is 12.0. The molecule has 1 rings (SSSR count). The number of benzene rings is 1. The quantitative estimate of drug-likeness (QED) is 0.768. The first-order chi connectivity index (χ1) is 7.71. The van der Waals surface area contributed by atoms with Gasteiger partial charge in [0.2, 0.25) is 0 Å². The lowest BCUT2D eigenvalue weighted by Gasteiger charge is -2.10. The molecule has 1 aromatic carbocycles. The van der Waals surface area contributed by atoms with E-state index in [1.165, 1.54) is 5.56 Å². The molecule has 2 nitrogen and oxygen atoms in total. The Morgan fingerprint density at radius 2 is 2.00 bits per heavy atom. The Kier molecular flexibility index (Phi) is 4.60. The van der Waals surface area contributed by atoms with Crippen LogP contribution in [-0.4, -0.2) is 11.9 Å². The summed E-state index contributed by atoms with van der Waals surface area (Å²) in [6.45, 7) is 4.03. The summed E-state index contributed by atoms with van der Waals surface area (Å²) >= 11 is 0. The number of hydrogen-bond acceptors (Lipinski definition) is 1. The van der Waals surface area contributed by atoms with Crippen LogP contribution in [0.1, 0.15) is 36.2 Å². The molecule has 1 amide bonds. The van der Waals surface area contributed by atoms with Gasteiger partial charge in [-0.05, 0) is 30.5 Å². The van der Waals surface area contributed by atoms with Crippen LogP contribution < -0.4 is 5.32 Å². The van der Waals surface area contributed by atoms with Crippen molar-refractivity contribution in [3.05, 3.63) is 35.4 Å². The Morgan fingerprint density at radius 3 is 2.44 bits per heavy atom. The van der Waals surface area contributed by atoms with Crippen molar-refractivity contribution in [3.8, 4) is 12.3 Å². The minimum absolute atomic E-state index is 0.104. The summed E-state index contributed by atoms with van der Waals surface area (Å²) in [5, 5.41) is 2.80. The predicted molar refractivity (Wildman–Crippen MR) is 66.2 cm³/mol. The van der Waals surface area contributed by atoms with Crippen molar-refractivity contribution < 1.29 is 4.79 Å². The van der Waals surface area contributed by atoms with Gasteiger partial charge in [-0.15, -0.1) is 6.42 Å². The first kappa shape index (κ1) is 12.3. The molecule has 0 spiro atoms. The summed E-state index contributed by atoms with van der Waals surface area (Å²) in [5.74, 6) is 2.44. The van der Waals surface area contributed by atoms with Crippen LogP contribution in [0.5, 0.6) is 0 Å². The first-order valence-corrected chi connectivity index (χ1v) is 5.57. The van der Waals surface area contributed by atoms with Crippen LogP contribution in [0.4, 0.5) is 0 Å². The van der Waals surface area contributed by atoms with Crippen molar-refractivity contribution in [2.75, 3.05) is 0 Å². The van der Waals surface area contributed by atoms with E-state index in [0.29, 0.717) is 5.56 Å². The van der Waals surface area contributed by atoms with E-state index in [0.717, 1.165) is 12.8 Å². The molecule has 1 N–H and O–H groups in total. The van der Waals surface area contributed by atoms with E-state index in [1.807, 2.05) is 31.2 Å². The van der Waals surface area contributed by atoms with E-state index in [4.69, 9.17) is 6.42 Å². The van der Waals surface area contributed by atoms with Gasteiger partial charge in [0, 0.05) is 5.56 Å².